The molecule has 0 spiro atoms. The number of hydrogen-bond acceptors (Lipinski definition) is 2. The number of ether oxygens (including phenoxy) is 1. The predicted octanol–water partition coefficient (Wildman–Crippen LogP) is 2.57. The van der Waals surface area contributed by atoms with Gasteiger partial charge in [-0.05, 0) is 31.2 Å². The average Bonchev–Trinajstić information content (AvgIpc) is 2.17. The maximum Gasteiger partial charge on any atom is 0.119 e. The monoisotopic (exact) mass is 201 g/mol. The van der Waals surface area contributed by atoms with E-state index < -0.39 is 0 Å². The van der Waals surface area contributed by atoms with Gasteiger partial charge in [0, 0.05) is 19.3 Å². The molecule has 0 heterocycles. The van der Waals surface area contributed by atoms with Gasteiger partial charge < -0.3 is 9.64 Å². The largest absolute Gasteiger partial charge is 0.497 e. The molecule has 0 aliphatic heterocycles. The van der Waals surface area contributed by atoms with E-state index in [4.69, 9.17) is 4.74 Å². The van der Waals surface area contributed by atoms with E-state index in [9.17, 15) is 0 Å². The molecule has 0 fully saturated rings. The van der Waals surface area contributed by atoms with Gasteiger partial charge in [0.1, 0.15) is 5.75 Å². The third-order valence-electron chi connectivity index (χ3n) is 1.99. The van der Waals surface area contributed by atoms with Crippen LogP contribution >= 0.6 is 12.4 Å². The molecule has 1 aromatic carbocycles. The van der Waals surface area contributed by atoms with Crippen LogP contribution in [0.25, 0.3) is 0 Å². The first-order chi connectivity index (χ1) is 5.77. The van der Waals surface area contributed by atoms with Crippen LogP contribution in [-0.4, -0.2) is 20.7 Å². The molecule has 0 atom stereocenters. The van der Waals surface area contributed by atoms with Gasteiger partial charge >= 0.3 is 0 Å². The minimum atomic E-state index is 0. The van der Waals surface area contributed by atoms with Crippen molar-refractivity contribution >= 4 is 18.1 Å². The molecule has 0 N–H and O–H groups in total. The molecule has 0 radical (unpaired) electrons. The van der Waals surface area contributed by atoms with Crippen LogP contribution in [0.5, 0.6) is 5.75 Å². The molecule has 13 heavy (non-hydrogen) atoms. The zero-order valence-electron chi connectivity index (χ0n) is 8.28. The molecule has 1 rings (SSSR count). The lowest BCUT2D eigenvalue weighted by Crippen LogP contribution is -2.15. The van der Waals surface area contributed by atoms with Crippen LogP contribution in [0, 0.1) is 0 Å². The van der Waals surface area contributed by atoms with Crippen molar-refractivity contribution in [2.45, 2.75) is 6.92 Å². The van der Waals surface area contributed by atoms with Gasteiger partial charge in [-0.25, -0.2) is 0 Å². The Bertz CT molecular complexity index is 235. The molecule has 0 unspecified atom stereocenters. The molecule has 0 saturated heterocycles. The number of methoxy groups -OCH3 is 1. The summed E-state index contributed by atoms with van der Waals surface area (Å²) in [6.45, 7) is 3.15. The van der Waals surface area contributed by atoms with Crippen molar-refractivity contribution in [1.82, 2.24) is 0 Å². The zero-order valence-corrected chi connectivity index (χ0v) is 9.10. The fourth-order valence-electron chi connectivity index (χ4n) is 1.02. The van der Waals surface area contributed by atoms with E-state index in [1.165, 1.54) is 5.69 Å². The third-order valence-corrected chi connectivity index (χ3v) is 1.99. The van der Waals surface area contributed by atoms with Gasteiger partial charge in [0.25, 0.3) is 0 Å². The maximum atomic E-state index is 5.06. The molecule has 2 nitrogen and oxygen atoms in total. The number of anilines is 1. The summed E-state index contributed by atoms with van der Waals surface area (Å²) in [6, 6.07) is 8.06. The summed E-state index contributed by atoms with van der Waals surface area (Å²) in [5.41, 5.74) is 1.22. The second-order valence-corrected chi connectivity index (χ2v) is 2.71. The lowest BCUT2D eigenvalue weighted by atomic mass is 10.3. The smallest absolute Gasteiger partial charge is 0.119 e. The highest BCUT2D eigenvalue weighted by Gasteiger charge is 1.96. The van der Waals surface area contributed by atoms with E-state index in [1.54, 1.807) is 7.11 Å². The van der Waals surface area contributed by atoms with Crippen molar-refractivity contribution < 1.29 is 4.74 Å². The van der Waals surface area contributed by atoms with Gasteiger partial charge in [0.2, 0.25) is 0 Å². The summed E-state index contributed by atoms with van der Waals surface area (Å²) < 4.78 is 5.06. The topological polar surface area (TPSA) is 12.5 Å². The summed E-state index contributed by atoms with van der Waals surface area (Å²) >= 11 is 0. The standard InChI is InChI=1S/C10H15NO.ClH/c1-4-11(2)9-5-7-10(12-3)8-6-9;/h5-8H,4H2,1-3H3;1H. The van der Waals surface area contributed by atoms with E-state index in [0.29, 0.717) is 0 Å². The summed E-state index contributed by atoms with van der Waals surface area (Å²) in [7, 11) is 3.75. The predicted molar refractivity (Wildman–Crippen MR) is 59.2 cm³/mol. The molecular weight excluding hydrogens is 186 g/mol. The molecule has 3 heteroatoms. The van der Waals surface area contributed by atoms with Crippen LogP contribution < -0.4 is 9.64 Å². The first-order valence-corrected chi connectivity index (χ1v) is 4.13. The summed E-state index contributed by atoms with van der Waals surface area (Å²) in [6.07, 6.45) is 0. The van der Waals surface area contributed by atoms with Gasteiger partial charge in [0.05, 0.1) is 7.11 Å². The number of nitrogens with zero attached hydrogens (tertiary/aromatic N) is 1. The van der Waals surface area contributed by atoms with Crippen molar-refractivity contribution in [2.75, 3.05) is 25.6 Å². The van der Waals surface area contributed by atoms with Gasteiger partial charge in [-0.15, -0.1) is 12.4 Å². The summed E-state index contributed by atoms with van der Waals surface area (Å²) in [4.78, 5) is 2.18. The summed E-state index contributed by atoms with van der Waals surface area (Å²) in [5.74, 6) is 0.906. The van der Waals surface area contributed by atoms with E-state index >= 15 is 0 Å². The summed E-state index contributed by atoms with van der Waals surface area (Å²) in [5, 5.41) is 0. The number of benzene rings is 1. The second-order valence-electron chi connectivity index (χ2n) is 2.71. The van der Waals surface area contributed by atoms with E-state index in [1.807, 2.05) is 12.1 Å². The Labute approximate surface area is 85.9 Å². The third kappa shape index (κ3) is 3.15. The molecule has 0 bridgehead atoms. The molecule has 0 aliphatic rings. The SMILES string of the molecule is CCN(C)c1ccc(OC)cc1.Cl. The molecular formula is C10H16ClNO. The number of rotatable bonds is 3. The Balaban J connectivity index is 0.00000144. The number of hydrogen-bond donors (Lipinski definition) is 0. The van der Waals surface area contributed by atoms with Gasteiger partial charge in [0.15, 0.2) is 0 Å². The highest BCUT2D eigenvalue weighted by atomic mass is 35.5. The highest BCUT2D eigenvalue weighted by Crippen LogP contribution is 2.17. The lowest BCUT2D eigenvalue weighted by molar-refractivity contribution is 0.415. The Morgan fingerprint density at radius 3 is 2.15 bits per heavy atom. The van der Waals surface area contributed by atoms with Crippen LogP contribution in [-0.2, 0) is 0 Å². The second kappa shape index (κ2) is 5.70. The minimum absolute atomic E-state index is 0. The van der Waals surface area contributed by atoms with Crippen molar-refractivity contribution in [1.29, 1.82) is 0 Å². The maximum absolute atomic E-state index is 5.06. The molecule has 74 valence electrons. The quantitative estimate of drug-likeness (QED) is 0.746. The zero-order chi connectivity index (χ0) is 8.97. The van der Waals surface area contributed by atoms with E-state index in [0.717, 1.165) is 12.3 Å². The van der Waals surface area contributed by atoms with Gasteiger partial charge in [-0.2, -0.15) is 0 Å². The van der Waals surface area contributed by atoms with Crippen LogP contribution in [0.4, 0.5) is 5.69 Å². The van der Waals surface area contributed by atoms with Crippen molar-refractivity contribution in [3.63, 3.8) is 0 Å². The van der Waals surface area contributed by atoms with Crippen molar-refractivity contribution in [2.24, 2.45) is 0 Å². The van der Waals surface area contributed by atoms with E-state index in [2.05, 4.69) is 31.0 Å². The lowest BCUT2D eigenvalue weighted by Gasteiger charge is -2.16. The Hall–Kier alpha value is -0.890. The Kier molecular flexibility index (Phi) is 5.31. The minimum Gasteiger partial charge on any atom is -0.497 e. The molecule has 0 saturated carbocycles. The Morgan fingerprint density at radius 1 is 1.23 bits per heavy atom. The molecule has 0 aliphatic carbocycles. The molecule has 0 amide bonds. The van der Waals surface area contributed by atoms with Crippen molar-refractivity contribution in [3.8, 4) is 5.75 Å². The van der Waals surface area contributed by atoms with Crippen molar-refractivity contribution in [3.05, 3.63) is 24.3 Å². The average molecular weight is 202 g/mol. The Morgan fingerprint density at radius 2 is 1.77 bits per heavy atom. The molecule has 0 aromatic heterocycles. The first kappa shape index (κ1) is 12.1. The van der Waals surface area contributed by atoms with Gasteiger partial charge in [-0.1, -0.05) is 0 Å². The highest BCUT2D eigenvalue weighted by molar-refractivity contribution is 5.85. The fourth-order valence-corrected chi connectivity index (χ4v) is 1.02. The van der Waals surface area contributed by atoms with E-state index in [-0.39, 0.29) is 12.4 Å². The normalized spacial score (nSPS) is 8.85. The van der Waals surface area contributed by atoms with Crippen LogP contribution in [0.3, 0.4) is 0 Å². The van der Waals surface area contributed by atoms with Crippen LogP contribution in [0.2, 0.25) is 0 Å². The van der Waals surface area contributed by atoms with Gasteiger partial charge in [-0.3, -0.25) is 0 Å². The molecule has 1 aromatic rings. The van der Waals surface area contributed by atoms with Crippen LogP contribution in [0.1, 0.15) is 6.92 Å². The fraction of sp³-hybridized carbons (Fsp3) is 0.400. The first-order valence-electron chi connectivity index (χ1n) is 4.13. The van der Waals surface area contributed by atoms with Crippen LogP contribution in [0.15, 0.2) is 24.3 Å². The number of halogens is 1.